The molecule has 2 saturated heterocycles. The summed E-state index contributed by atoms with van der Waals surface area (Å²) in [6.07, 6.45) is 0. The molecule has 2 rings (SSSR count). The van der Waals surface area contributed by atoms with Gasteiger partial charge in [-0.2, -0.15) is 11.8 Å². The molecule has 1 unspecified atom stereocenters. The van der Waals surface area contributed by atoms with Crippen LogP contribution in [0.15, 0.2) is 0 Å². The lowest BCUT2D eigenvalue weighted by Gasteiger charge is -2.40. The molecule has 20 heavy (non-hydrogen) atoms. The van der Waals surface area contributed by atoms with E-state index in [1.807, 2.05) is 0 Å². The molecule has 2 aliphatic heterocycles. The molecule has 2 amide bonds. The average Bonchev–Trinajstić information content (AvgIpc) is 2.47. The van der Waals surface area contributed by atoms with Crippen LogP contribution in [0.5, 0.6) is 0 Å². The number of hydrogen-bond acceptors (Lipinski definition) is 5. The zero-order chi connectivity index (χ0) is 14.5. The third kappa shape index (κ3) is 3.56. The predicted molar refractivity (Wildman–Crippen MR) is 75.9 cm³/mol. The molecule has 0 radical (unpaired) electrons. The summed E-state index contributed by atoms with van der Waals surface area (Å²) in [5.41, 5.74) is 0. The molecule has 2 N–H and O–H groups in total. The van der Waals surface area contributed by atoms with Crippen LogP contribution in [0.3, 0.4) is 0 Å². The van der Waals surface area contributed by atoms with Gasteiger partial charge in [-0.15, -0.1) is 0 Å². The number of urea groups is 1. The van der Waals surface area contributed by atoms with Crippen molar-refractivity contribution < 1.29 is 19.8 Å². The number of thioether (sulfide) groups is 1. The highest BCUT2D eigenvalue weighted by molar-refractivity contribution is 7.99. The van der Waals surface area contributed by atoms with Gasteiger partial charge in [-0.3, -0.25) is 4.90 Å². The standard InChI is InChI=1S/C12H21N3O4S/c16-7-5-13-1-3-14(4-2-13)12(19)15-6-8-20-9-10(15)11(17)18/h10,16H,1-9H2,(H,17,18). The first-order valence-electron chi connectivity index (χ1n) is 6.83. The number of rotatable bonds is 3. The number of carbonyl (C=O) groups is 2. The summed E-state index contributed by atoms with van der Waals surface area (Å²) in [5.74, 6) is 0.329. The molecule has 2 fully saturated rings. The quantitative estimate of drug-likeness (QED) is 0.711. The number of nitrogens with zero attached hydrogens (tertiary/aromatic N) is 3. The number of piperazine rings is 1. The maximum Gasteiger partial charge on any atom is 0.327 e. The summed E-state index contributed by atoms with van der Waals surface area (Å²) in [7, 11) is 0. The van der Waals surface area contributed by atoms with Crippen molar-refractivity contribution in [2.45, 2.75) is 6.04 Å². The summed E-state index contributed by atoms with van der Waals surface area (Å²) < 4.78 is 0. The molecular weight excluding hydrogens is 282 g/mol. The van der Waals surface area contributed by atoms with Gasteiger partial charge in [0.05, 0.1) is 6.61 Å². The molecule has 0 spiro atoms. The molecule has 0 aliphatic carbocycles. The molecule has 0 aromatic heterocycles. The van der Waals surface area contributed by atoms with Gasteiger partial charge < -0.3 is 20.0 Å². The van der Waals surface area contributed by atoms with Crippen LogP contribution in [-0.2, 0) is 4.79 Å². The highest BCUT2D eigenvalue weighted by Gasteiger charge is 2.35. The van der Waals surface area contributed by atoms with Gasteiger partial charge in [0.15, 0.2) is 0 Å². The van der Waals surface area contributed by atoms with Crippen LogP contribution in [0.25, 0.3) is 0 Å². The number of carbonyl (C=O) groups excluding carboxylic acids is 1. The lowest BCUT2D eigenvalue weighted by molar-refractivity contribution is -0.141. The van der Waals surface area contributed by atoms with Crippen molar-refractivity contribution in [3.63, 3.8) is 0 Å². The monoisotopic (exact) mass is 303 g/mol. The highest BCUT2D eigenvalue weighted by Crippen LogP contribution is 2.19. The first-order valence-corrected chi connectivity index (χ1v) is 7.98. The van der Waals surface area contributed by atoms with E-state index in [2.05, 4.69) is 4.90 Å². The van der Waals surface area contributed by atoms with E-state index in [1.165, 1.54) is 4.90 Å². The second-order valence-corrected chi connectivity index (χ2v) is 6.11. The summed E-state index contributed by atoms with van der Waals surface area (Å²) >= 11 is 1.58. The number of carboxylic acids is 1. The Kier molecular flexibility index (Phi) is 5.50. The molecule has 0 saturated carbocycles. The van der Waals surface area contributed by atoms with E-state index < -0.39 is 12.0 Å². The van der Waals surface area contributed by atoms with E-state index in [1.54, 1.807) is 16.7 Å². The van der Waals surface area contributed by atoms with E-state index in [0.717, 1.165) is 18.8 Å². The minimum atomic E-state index is -0.926. The Morgan fingerprint density at radius 3 is 2.45 bits per heavy atom. The van der Waals surface area contributed by atoms with Crippen molar-refractivity contribution >= 4 is 23.8 Å². The van der Waals surface area contributed by atoms with Crippen LogP contribution in [0, 0.1) is 0 Å². The van der Waals surface area contributed by atoms with Crippen LogP contribution in [0.1, 0.15) is 0 Å². The first-order chi connectivity index (χ1) is 9.63. The van der Waals surface area contributed by atoms with Crippen LogP contribution < -0.4 is 0 Å². The van der Waals surface area contributed by atoms with Gasteiger partial charge in [-0.25, -0.2) is 9.59 Å². The van der Waals surface area contributed by atoms with Crippen molar-refractivity contribution in [1.82, 2.24) is 14.7 Å². The zero-order valence-electron chi connectivity index (χ0n) is 11.4. The Labute approximate surface area is 122 Å². The number of carboxylic acid groups (broad SMARTS) is 1. The Bertz CT molecular complexity index is 361. The van der Waals surface area contributed by atoms with E-state index in [9.17, 15) is 14.7 Å². The SMILES string of the molecule is O=C(O)C1CSCCN1C(=O)N1CCN(CCO)CC1. The normalized spacial score (nSPS) is 24.8. The molecular formula is C12H21N3O4S. The Hall–Kier alpha value is -0.990. The van der Waals surface area contributed by atoms with Crippen LogP contribution in [0.4, 0.5) is 4.79 Å². The number of amides is 2. The van der Waals surface area contributed by atoms with Gasteiger partial charge in [0.2, 0.25) is 0 Å². The van der Waals surface area contributed by atoms with Crippen molar-refractivity contribution in [1.29, 1.82) is 0 Å². The molecule has 114 valence electrons. The molecule has 2 heterocycles. The van der Waals surface area contributed by atoms with Gasteiger partial charge in [0, 0.05) is 50.8 Å². The number of hydrogen-bond donors (Lipinski definition) is 2. The minimum absolute atomic E-state index is 0.123. The molecule has 8 heteroatoms. The zero-order valence-corrected chi connectivity index (χ0v) is 12.2. The molecule has 0 bridgehead atoms. The van der Waals surface area contributed by atoms with Crippen molar-refractivity contribution in [3.8, 4) is 0 Å². The van der Waals surface area contributed by atoms with E-state index in [0.29, 0.717) is 31.9 Å². The second-order valence-electron chi connectivity index (χ2n) is 4.96. The van der Waals surface area contributed by atoms with E-state index in [4.69, 9.17) is 5.11 Å². The Morgan fingerprint density at radius 1 is 1.15 bits per heavy atom. The topological polar surface area (TPSA) is 84.3 Å². The molecule has 2 aliphatic rings. The van der Waals surface area contributed by atoms with Crippen LogP contribution >= 0.6 is 11.8 Å². The maximum atomic E-state index is 12.4. The Morgan fingerprint density at radius 2 is 1.85 bits per heavy atom. The fraction of sp³-hybridized carbons (Fsp3) is 0.833. The van der Waals surface area contributed by atoms with Gasteiger partial charge in [-0.1, -0.05) is 0 Å². The van der Waals surface area contributed by atoms with Gasteiger partial charge in [0.25, 0.3) is 0 Å². The molecule has 0 aromatic carbocycles. The highest BCUT2D eigenvalue weighted by atomic mass is 32.2. The third-order valence-electron chi connectivity index (χ3n) is 3.72. The molecule has 7 nitrogen and oxygen atoms in total. The van der Waals surface area contributed by atoms with E-state index in [-0.39, 0.29) is 12.6 Å². The summed E-state index contributed by atoms with van der Waals surface area (Å²) in [5, 5.41) is 18.1. The van der Waals surface area contributed by atoms with Crippen molar-refractivity contribution in [2.24, 2.45) is 0 Å². The van der Waals surface area contributed by atoms with Crippen LogP contribution in [-0.4, -0.2) is 100 Å². The number of aliphatic hydroxyl groups excluding tert-OH is 1. The largest absolute Gasteiger partial charge is 0.480 e. The maximum absolute atomic E-state index is 12.4. The van der Waals surface area contributed by atoms with Gasteiger partial charge in [0.1, 0.15) is 6.04 Å². The van der Waals surface area contributed by atoms with Crippen molar-refractivity contribution in [2.75, 3.05) is 57.4 Å². The molecule has 0 aromatic rings. The minimum Gasteiger partial charge on any atom is -0.480 e. The van der Waals surface area contributed by atoms with Crippen LogP contribution in [0.2, 0.25) is 0 Å². The first kappa shape index (κ1) is 15.4. The predicted octanol–water partition coefficient (Wildman–Crippen LogP) is -0.782. The summed E-state index contributed by atoms with van der Waals surface area (Å²) in [6.45, 7) is 3.89. The lowest BCUT2D eigenvalue weighted by atomic mass is 10.2. The lowest BCUT2D eigenvalue weighted by Crippen LogP contribution is -2.58. The Balaban J connectivity index is 1.92. The summed E-state index contributed by atoms with van der Waals surface area (Å²) in [4.78, 5) is 29.0. The fourth-order valence-corrected chi connectivity index (χ4v) is 3.56. The summed E-state index contributed by atoms with van der Waals surface area (Å²) in [6, 6.07) is -0.877. The smallest absolute Gasteiger partial charge is 0.327 e. The number of β-amino-alcohol motifs (C(OH)–C–C–N with tert-alkyl or cyclic N) is 1. The van der Waals surface area contributed by atoms with Crippen molar-refractivity contribution in [3.05, 3.63) is 0 Å². The van der Waals surface area contributed by atoms with E-state index >= 15 is 0 Å². The molecule has 1 atom stereocenters. The third-order valence-corrected chi connectivity index (χ3v) is 4.74. The van der Waals surface area contributed by atoms with Gasteiger partial charge >= 0.3 is 12.0 Å². The second kappa shape index (κ2) is 7.14. The average molecular weight is 303 g/mol. The number of aliphatic hydroxyl groups is 1. The number of aliphatic carboxylic acids is 1. The fourth-order valence-electron chi connectivity index (χ4n) is 2.52. The van der Waals surface area contributed by atoms with Gasteiger partial charge in [-0.05, 0) is 0 Å².